The summed E-state index contributed by atoms with van der Waals surface area (Å²) in [5.41, 5.74) is 0. The SMILES string of the molecule is Cc1oc(=O)oc1CSc1c(F)c(F)cc(F)c1F. The first kappa shape index (κ1) is 13.7. The van der Waals surface area contributed by atoms with E-state index in [4.69, 9.17) is 0 Å². The van der Waals surface area contributed by atoms with Gasteiger partial charge in [0.2, 0.25) is 0 Å². The fraction of sp³-hybridized carbons (Fsp3) is 0.182. The van der Waals surface area contributed by atoms with Gasteiger partial charge >= 0.3 is 5.82 Å². The summed E-state index contributed by atoms with van der Waals surface area (Å²) < 4.78 is 61.7. The lowest BCUT2D eigenvalue weighted by molar-refractivity contribution is 0.372. The second kappa shape index (κ2) is 5.12. The highest BCUT2D eigenvalue weighted by molar-refractivity contribution is 7.98. The van der Waals surface area contributed by atoms with Gasteiger partial charge < -0.3 is 8.83 Å². The van der Waals surface area contributed by atoms with Gasteiger partial charge in [-0.2, -0.15) is 0 Å². The third kappa shape index (κ3) is 2.67. The minimum Gasteiger partial charge on any atom is -0.396 e. The second-order valence-electron chi connectivity index (χ2n) is 3.52. The Hall–Kier alpha value is -1.70. The topological polar surface area (TPSA) is 43.4 Å². The Bertz CT molecular complexity index is 651. The van der Waals surface area contributed by atoms with Gasteiger partial charge in [0, 0.05) is 6.07 Å². The van der Waals surface area contributed by atoms with Crippen molar-refractivity contribution in [3.63, 3.8) is 0 Å². The minimum atomic E-state index is -1.49. The maximum Gasteiger partial charge on any atom is 0.519 e. The normalized spacial score (nSPS) is 11.0. The maximum absolute atomic E-state index is 13.3. The molecule has 0 amide bonds. The Morgan fingerprint density at radius 1 is 1.11 bits per heavy atom. The van der Waals surface area contributed by atoms with Gasteiger partial charge in [-0.3, -0.25) is 0 Å². The van der Waals surface area contributed by atoms with Gasteiger partial charge in [-0.15, -0.1) is 11.8 Å². The molecule has 0 aliphatic rings. The van der Waals surface area contributed by atoms with E-state index in [-0.39, 0.29) is 23.3 Å². The van der Waals surface area contributed by atoms with E-state index in [2.05, 4.69) is 8.83 Å². The molecule has 0 atom stereocenters. The van der Waals surface area contributed by atoms with Gasteiger partial charge in [0.05, 0.1) is 10.6 Å². The van der Waals surface area contributed by atoms with Crippen molar-refractivity contribution >= 4 is 11.8 Å². The van der Waals surface area contributed by atoms with Gasteiger partial charge in [0.15, 0.2) is 29.0 Å². The first-order valence-corrected chi connectivity index (χ1v) is 5.94. The average Bonchev–Trinajstić information content (AvgIpc) is 2.65. The van der Waals surface area contributed by atoms with E-state index in [1.165, 1.54) is 6.92 Å². The molecule has 3 nitrogen and oxygen atoms in total. The van der Waals surface area contributed by atoms with Crippen LogP contribution in [-0.4, -0.2) is 0 Å². The zero-order valence-corrected chi connectivity index (χ0v) is 10.2. The van der Waals surface area contributed by atoms with Crippen molar-refractivity contribution in [2.75, 3.05) is 0 Å². The van der Waals surface area contributed by atoms with Crippen LogP contribution in [0.2, 0.25) is 0 Å². The molecular weight excluding hydrogens is 288 g/mol. The number of hydrogen-bond acceptors (Lipinski definition) is 4. The van der Waals surface area contributed by atoms with E-state index in [0.717, 1.165) is 0 Å². The summed E-state index contributed by atoms with van der Waals surface area (Å²) in [6.07, 6.45) is 0. The van der Waals surface area contributed by atoms with Crippen molar-refractivity contribution in [2.24, 2.45) is 0 Å². The largest absolute Gasteiger partial charge is 0.519 e. The lowest BCUT2D eigenvalue weighted by Gasteiger charge is -2.05. The lowest BCUT2D eigenvalue weighted by atomic mass is 10.3. The van der Waals surface area contributed by atoms with Crippen LogP contribution in [0.1, 0.15) is 11.5 Å². The zero-order chi connectivity index (χ0) is 14.2. The summed E-state index contributed by atoms with van der Waals surface area (Å²) in [7, 11) is 0. The van der Waals surface area contributed by atoms with Crippen LogP contribution in [0.3, 0.4) is 0 Å². The number of thioether (sulfide) groups is 1. The fourth-order valence-electron chi connectivity index (χ4n) is 1.32. The Labute approximate surface area is 108 Å². The molecule has 0 bridgehead atoms. The Balaban J connectivity index is 2.29. The van der Waals surface area contributed by atoms with E-state index in [1.807, 2.05) is 0 Å². The van der Waals surface area contributed by atoms with Crippen molar-refractivity contribution in [1.29, 1.82) is 0 Å². The number of rotatable bonds is 3. The number of hydrogen-bond donors (Lipinski definition) is 0. The Kier molecular flexibility index (Phi) is 3.70. The summed E-state index contributed by atoms with van der Waals surface area (Å²) in [6.45, 7) is 1.42. The zero-order valence-electron chi connectivity index (χ0n) is 9.43. The standard InChI is InChI=1S/C11H6F4O3S/c1-4-7(18-11(16)17-4)3-19-10-8(14)5(12)2-6(13)9(10)15/h2H,3H2,1H3. The van der Waals surface area contributed by atoms with Gasteiger partial charge in [0.1, 0.15) is 5.76 Å². The van der Waals surface area contributed by atoms with E-state index in [1.54, 1.807) is 0 Å². The molecule has 1 heterocycles. The number of halogens is 4. The molecule has 2 rings (SSSR count). The molecule has 102 valence electrons. The first-order chi connectivity index (χ1) is 8.90. The van der Waals surface area contributed by atoms with E-state index in [0.29, 0.717) is 11.8 Å². The molecule has 0 saturated carbocycles. The summed E-state index contributed by atoms with van der Waals surface area (Å²) >= 11 is 0.460. The van der Waals surface area contributed by atoms with E-state index < -0.39 is 34.0 Å². The molecule has 0 N–H and O–H groups in total. The molecule has 0 aliphatic heterocycles. The van der Waals surface area contributed by atoms with Crippen molar-refractivity contribution < 1.29 is 26.4 Å². The quantitative estimate of drug-likeness (QED) is 0.494. The molecule has 0 unspecified atom stereocenters. The van der Waals surface area contributed by atoms with Gasteiger partial charge in [-0.1, -0.05) is 0 Å². The Morgan fingerprint density at radius 2 is 1.68 bits per heavy atom. The summed E-state index contributed by atoms with van der Waals surface area (Å²) in [5.74, 6) is -6.96. The van der Waals surface area contributed by atoms with Crippen LogP contribution >= 0.6 is 11.8 Å². The van der Waals surface area contributed by atoms with Crippen LogP contribution in [-0.2, 0) is 5.75 Å². The monoisotopic (exact) mass is 294 g/mol. The van der Waals surface area contributed by atoms with Crippen molar-refractivity contribution in [3.05, 3.63) is 51.5 Å². The predicted molar refractivity (Wildman–Crippen MR) is 57.8 cm³/mol. The Morgan fingerprint density at radius 3 is 2.16 bits per heavy atom. The van der Waals surface area contributed by atoms with Crippen LogP contribution in [0.15, 0.2) is 24.6 Å². The van der Waals surface area contributed by atoms with Crippen molar-refractivity contribution in [2.45, 2.75) is 17.6 Å². The highest BCUT2D eigenvalue weighted by atomic mass is 32.2. The minimum absolute atomic E-state index is 0.0402. The molecule has 1 aromatic heterocycles. The van der Waals surface area contributed by atoms with Crippen LogP contribution < -0.4 is 5.82 Å². The summed E-state index contributed by atoms with van der Waals surface area (Å²) in [6, 6.07) is 0.123. The molecule has 0 radical (unpaired) electrons. The smallest absolute Gasteiger partial charge is 0.396 e. The van der Waals surface area contributed by atoms with Gasteiger partial charge in [-0.05, 0) is 6.92 Å². The second-order valence-corrected chi connectivity index (χ2v) is 4.51. The highest BCUT2D eigenvalue weighted by Gasteiger charge is 2.20. The molecule has 0 spiro atoms. The molecular formula is C11H6F4O3S. The summed E-state index contributed by atoms with van der Waals surface area (Å²) in [4.78, 5) is 9.94. The van der Waals surface area contributed by atoms with Crippen LogP contribution in [0.5, 0.6) is 0 Å². The molecule has 0 aliphatic carbocycles. The molecule has 0 fully saturated rings. The van der Waals surface area contributed by atoms with Crippen LogP contribution in [0.25, 0.3) is 0 Å². The van der Waals surface area contributed by atoms with Crippen LogP contribution in [0.4, 0.5) is 17.6 Å². The molecule has 0 saturated heterocycles. The molecule has 2 aromatic rings. The third-order valence-electron chi connectivity index (χ3n) is 2.25. The molecule has 8 heteroatoms. The fourth-order valence-corrected chi connectivity index (χ4v) is 2.31. The average molecular weight is 294 g/mol. The first-order valence-electron chi connectivity index (χ1n) is 4.95. The van der Waals surface area contributed by atoms with Crippen molar-refractivity contribution in [1.82, 2.24) is 0 Å². The molecule has 1 aromatic carbocycles. The number of aryl methyl sites for hydroxylation is 1. The van der Waals surface area contributed by atoms with E-state index >= 15 is 0 Å². The lowest BCUT2D eigenvalue weighted by Crippen LogP contribution is -1.97. The maximum atomic E-state index is 13.3. The van der Waals surface area contributed by atoms with Crippen molar-refractivity contribution in [3.8, 4) is 0 Å². The molecule has 19 heavy (non-hydrogen) atoms. The predicted octanol–water partition coefficient (Wildman–Crippen LogP) is 3.39. The van der Waals surface area contributed by atoms with Crippen LogP contribution in [0, 0.1) is 30.2 Å². The van der Waals surface area contributed by atoms with Gasteiger partial charge in [0.25, 0.3) is 0 Å². The summed E-state index contributed by atoms with van der Waals surface area (Å²) in [5, 5.41) is 0. The highest BCUT2D eigenvalue weighted by Crippen LogP contribution is 2.31. The number of benzene rings is 1. The van der Waals surface area contributed by atoms with Gasteiger partial charge in [-0.25, -0.2) is 22.4 Å². The van der Waals surface area contributed by atoms with E-state index in [9.17, 15) is 22.4 Å². The third-order valence-corrected chi connectivity index (χ3v) is 3.31.